The zero-order valence-electron chi connectivity index (χ0n) is 15.4. The fourth-order valence-corrected chi connectivity index (χ4v) is 3.86. The molecule has 0 aliphatic rings. The van der Waals surface area contributed by atoms with Gasteiger partial charge in [-0.3, -0.25) is 20.4 Å². The number of hydrogen-bond donors (Lipinski definition) is 3. The first-order chi connectivity index (χ1) is 14.3. The summed E-state index contributed by atoms with van der Waals surface area (Å²) in [5.74, 6) is -2.39. The van der Waals surface area contributed by atoms with Gasteiger partial charge in [-0.1, -0.05) is 29.8 Å². The second kappa shape index (κ2) is 8.97. The lowest BCUT2D eigenvalue weighted by Gasteiger charge is -2.07. The molecular weight excluding hydrogens is 432 g/mol. The molecule has 0 saturated heterocycles. The van der Waals surface area contributed by atoms with Crippen LogP contribution in [0.5, 0.6) is 5.75 Å². The van der Waals surface area contributed by atoms with Gasteiger partial charge < -0.3 is 5.11 Å². The SMILES string of the molecule is O=C(CCS(=O)(=O)c1ccccc1)NNC(=O)c1nn(-c2ccc(Cl)cc2)cc1O. The minimum absolute atomic E-state index is 0.111. The Labute approximate surface area is 177 Å². The molecule has 2 aromatic carbocycles. The normalized spacial score (nSPS) is 11.1. The lowest BCUT2D eigenvalue weighted by molar-refractivity contribution is -0.121. The fourth-order valence-electron chi connectivity index (χ4n) is 2.47. The molecule has 0 aliphatic heterocycles. The summed E-state index contributed by atoms with van der Waals surface area (Å²) in [6.07, 6.45) is 0.870. The number of carbonyl (C=O) groups is 2. The van der Waals surface area contributed by atoms with Gasteiger partial charge in [0.1, 0.15) is 0 Å². The number of rotatable bonds is 6. The van der Waals surface area contributed by atoms with E-state index in [4.69, 9.17) is 11.6 Å². The molecule has 0 radical (unpaired) electrons. The average Bonchev–Trinajstić information content (AvgIpc) is 3.13. The lowest BCUT2D eigenvalue weighted by Crippen LogP contribution is -2.42. The second-order valence-corrected chi connectivity index (χ2v) is 8.71. The van der Waals surface area contributed by atoms with Gasteiger partial charge in [-0.15, -0.1) is 0 Å². The minimum atomic E-state index is -3.62. The number of aromatic nitrogens is 2. The van der Waals surface area contributed by atoms with Crippen LogP contribution < -0.4 is 10.9 Å². The van der Waals surface area contributed by atoms with Crippen molar-refractivity contribution in [3.05, 3.63) is 71.5 Å². The van der Waals surface area contributed by atoms with E-state index < -0.39 is 33.2 Å². The Balaban J connectivity index is 1.56. The Morgan fingerprint density at radius 2 is 1.70 bits per heavy atom. The third-order valence-corrected chi connectivity index (χ3v) is 6.00. The first kappa shape index (κ1) is 21.3. The molecule has 2 amide bonds. The molecule has 30 heavy (non-hydrogen) atoms. The van der Waals surface area contributed by atoms with Gasteiger partial charge in [-0.25, -0.2) is 13.1 Å². The van der Waals surface area contributed by atoms with Crippen molar-refractivity contribution >= 4 is 33.3 Å². The van der Waals surface area contributed by atoms with Crippen molar-refractivity contribution in [3.8, 4) is 11.4 Å². The number of amides is 2. The van der Waals surface area contributed by atoms with Crippen LogP contribution in [-0.4, -0.2) is 40.9 Å². The van der Waals surface area contributed by atoms with Crippen molar-refractivity contribution < 1.29 is 23.1 Å². The summed E-state index contributed by atoms with van der Waals surface area (Å²) in [4.78, 5) is 24.2. The van der Waals surface area contributed by atoms with Crippen LogP contribution >= 0.6 is 11.6 Å². The topological polar surface area (TPSA) is 130 Å². The number of halogens is 1. The molecule has 3 N–H and O–H groups in total. The van der Waals surface area contributed by atoms with Gasteiger partial charge in [-0.05, 0) is 36.4 Å². The highest BCUT2D eigenvalue weighted by molar-refractivity contribution is 7.91. The van der Waals surface area contributed by atoms with E-state index in [2.05, 4.69) is 16.0 Å². The summed E-state index contributed by atoms with van der Waals surface area (Å²) >= 11 is 5.82. The zero-order chi connectivity index (χ0) is 21.7. The van der Waals surface area contributed by atoms with Crippen molar-refractivity contribution in [2.24, 2.45) is 0 Å². The highest BCUT2D eigenvalue weighted by Gasteiger charge is 2.19. The predicted octanol–water partition coefficient (Wildman–Crippen LogP) is 1.86. The summed E-state index contributed by atoms with van der Waals surface area (Å²) in [6.45, 7) is 0. The number of hydrazine groups is 1. The summed E-state index contributed by atoms with van der Waals surface area (Å²) in [5, 5.41) is 14.5. The van der Waals surface area contributed by atoms with E-state index in [1.807, 2.05) is 0 Å². The summed E-state index contributed by atoms with van der Waals surface area (Å²) in [5.41, 5.74) is 4.45. The van der Waals surface area contributed by atoms with E-state index in [0.717, 1.165) is 0 Å². The number of aromatic hydroxyl groups is 1. The Bertz CT molecular complexity index is 1160. The Hall–Kier alpha value is -3.37. The molecule has 1 aromatic heterocycles. The van der Waals surface area contributed by atoms with Crippen LogP contribution in [-0.2, 0) is 14.6 Å². The van der Waals surface area contributed by atoms with Crippen molar-refractivity contribution in [2.45, 2.75) is 11.3 Å². The predicted molar refractivity (Wildman–Crippen MR) is 109 cm³/mol. The number of benzene rings is 2. The molecule has 11 heteroatoms. The third-order valence-electron chi connectivity index (χ3n) is 4.02. The fraction of sp³-hybridized carbons (Fsp3) is 0.105. The summed E-state index contributed by atoms with van der Waals surface area (Å²) < 4.78 is 25.6. The number of hydrogen-bond acceptors (Lipinski definition) is 6. The standard InChI is InChI=1S/C19H17ClN4O5S/c20-13-6-8-14(9-7-13)24-12-16(25)18(23-24)19(27)22-21-17(26)10-11-30(28,29)15-4-2-1-3-5-15/h1-9,12,25H,10-11H2,(H,21,26)(H,22,27). The van der Waals surface area contributed by atoms with Crippen LogP contribution in [0.15, 0.2) is 65.7 Å². The van der Waals surface area contributed by atoms with Crippen molar-refractivity contribution in [2.75, 3.05) is 5.75 Å². The van der Waals surface area contributed by atoms with E-state index >= 15 is 0 Å². The maximum absolute atomic E-state index is 12.2. The molecule has 0 bridgehead atoms. The monoisotopic (exact) mass is 448 g/mol. The quantitative estimate of drug-likeness (QED) is 0.493. The second-order valence-electron chi connectivity index (χ2n) is 6.17. The Morgan fingerprint density at radius 1 is 1.03 bits per heavy atom. The van der Waals surface area contributed by atoms with Crippen molar-refractivity contribution in [3.63, 3.8) is 0 Å². The van der Waals surface area contributed by atoms with E-state index in [9.17, 15) is 23.1 Å². The number of nitrogens with zero attached hydrogens (tertiary/aromatic N) is 2. The first-order valence-electron chi connectivity index (χ1n) is 8.68. The molecular formula is C19H17ClN4O5S. The number of nitrogens with one attached hydrogen (secondary N) is 2. The minimum Gasteiger partial charge on any atom is -0.504 e. The largest absolute Gasteiger partial charge is 0.504 e. The van der Waals surface area contributed by atoms with Crippen LogP contribution in [0.25, 0.3) is 5.69 Å². The molecule has 156 valence electrons. The van der Waals surface area contributed by atoms with E-state index in [1.165, 1.54) is 23.0 Å². The highest BCUT2D eigenvalue weighted by Crippen LogP contribution is 2.19. The molecule has 3 aromatic rings. The van der Waals surface area contributed by atoms with Gasteiger partial charge >= 0.3 is 0 Å². The zero-order valence-corrected chi connectivity index (χ0v) is 17.0. The van der Waals surface area contributed by atoms with Gasteiger partial charge in [0.25, 0.3) is 5.91 Å². The molecule has 0 fully saturated rings. The lowest BCUT2D eigenvalue weighted by atomic mass is 10.3. The Kier molecular flexibility index (Phi) is 6.38. The summed E-state index contributed by atoms with van der Waals surface area (Å²) in [6, 6.07) is 14.3. The maximum atomic E-state index is 12.2. The molecule has 0 unspecified atom stereocenters. The maximum Gasteiger partial charge on any atom is 0.294 e. The highest BCUT2D eigenvalue weighted by atomic mass is 35.5. The molecule has 0 saturated carbocycles. The van der Waals surface area contributed by atoms with Gasteiger partial charge in [0.15, 0.2) is 21.3 Å². The number of carbonyl (C=O) groups excluding carboxylic acids is 2. The smallest absolute Gasteiger partial charge is 0.294 e. The molecule has 0 aliphatic carbocycles. The molecule has 0 atom stereocenters. The van der Waals surface area contributed by atoms with E-state index in [-0.39, 0.29) is 17.0 Å². The van der Waals surface area contributed by atoms with Crippen molar-refractivity contribution in [1.82, 2.24) is 20.6 Å². The average molecular weight is 449 g/mol. The molecule has 0 spiro atoms. The Morgan fingerprint density at radius 3 is 2.37 bits per heavy atom. The first-order valence-corrected chi connectivity index (χ1v) is 10.7. The van der Waals surface area contributed by atoms with Crippen molar-refractivity contribution in [1.29, 1.82) is 0 Å². The van der Waals surface area contributed by atoms with E-state index in [1.54, 1.807) is 42.5 Å². The van der Waals surface area contributed by atoms with Gasteiger partial charge in [0.05, 0.1) is 22.5 Å². The molecule has 3 rings (SSSR count). The molecule has 1 heterocycles. The van der Waals surface area contributed by atoms with Gasteiger partial charge in [-0.2, -0.15) is 5.10 Å². The van der Waals surface area contributed by atoms with Crippen LogP contribution in [0.2, 0.25) is 5.02 Å². The third kappa shape index (κ3) is 5.16. The van der Waals surface area contributed by atoms with E-state index in [0.29, 0.717) is 10.7 Å². The summed E-state index contributed by atoms with van der Waals surface area (Å²) in [7, 11) is -3.62. The van der Waals surface area contributed by atoms with Crippen LogP contribution in [0.1, 0.15) is 16.9 Å². The van der Waals surface area contributed by atoms with Crippen LogP contribution in [0.3, 0.4) is 0 Å². The van der Waals surface area contributed by atoms with Crippen LogP contribution in [0, 0.1) is 0 Å². The van der Waals surface area contributed by atoms with Gasteiger partial charge in [0.2, 0.25) is 5.91 Å². The van der Waals surface area contributed by atoms with Crippen LogP contribution in [0.4, 0.5) is 0 Å². The van der Waals surface area contributed by atoms with Gasteiger partial charge in [0, 0.05) is 11.4 Å². The molecule has 9 nitrogen and oxygen atoms in total. The number of sulfone groups is 1.